The zero-order valence-electron chi connectivity index (χ0n) is 12.9. The summed E-state index contributed by atoms with van der Waals surface area (Å²) in [6.07, 6.45) is 0.760. The maximum absolute atomic E-state index is 12.7. The van der Waals surface area contributed by atoms with Crippen LogP contribution in [0.1, 0.15) is 17.5 Å². The van der Waals surface area contributed by atoms with E-state index in [1.807, 2.05) is 6.92 Å². The van der Waals surface area contributed by atoms with Gasteiger partial charge in [0.25, 0.3) is 10.0 Å². The summed E-state index contributed by atoms with van der Waals surface area (Å²) < 4.78 is 26.5. The van der Waals surface area contributed by atoms with E-state index in [0.717, 1.165) is 5.56 Å². The van der Waals surface area contributed by atoms with Gasteiger partial charge in [-0.1, -0.05) is 6.07 Å². The van der Waals surface area contributed by atoms with Gasteiger partial charge in [0.2, 0.25) is 5.91 Å². The number of carbonyl (C=O) groups is 1. The molecule has 122 valence electrons. The quantitative estimate of drug-likeness (QED) is 0.799. The monoisotopic (exact) mass is 327 g/mol. The lowest BCUT2D eigenvalue weighted by atomic mass is 10.0. The Balaban J connectivity index is 2.22. The van der Waals surface area contributed by atoms with Gasteiger partial charge in [-0.3, -0.25) is 4.79 Å². The van der Waals surface area contributed by atoms with Crippen molar-refractivity contribution >= 4 is 15.9 Å². The molecule has 2 heterocycles. The molecule has 2 N–H and O–H groups in total. The van der Waals surface area contributed by atoms with Gasteiger partial charge < -0.3 is 10.4 Å². The van der Waals surface area contributed by atoms with E-state index in [4.69, 9.17) is 0 Å². The highest BCUT2D eigenvalue weighted by atomic mass is 32.2. The second-order valence-corrected chi connectivity index (χ2v) is 7.51. The summed E-state index contributed by atoms with van der Waals surface area (Å²) >= 11 is 0. The molecule has 1 aliphatic heterocycles. The van der Waals surface area contributed by atoms with Crippen LogP contribution in [0.25, 0.3) is 0 Å². The van der Waals surface area contributed by atoms with E-state index in [1.165, 1.54) is 17.5 Å². The summed E-state index contributed by atoms with van der Waals surface area (Å²) in [5, 5.41) is 12.5. The van der Waals surface area contributed by atoms with Crippen molar-refractivity contribution in [3.63, 3.8) is 0 Å². The van der Waals surface area contributed by atoms with Gasteiger partial charge in [-0.15, -0.1) is 0 Å². The van der Waals surface area contributed by atoms with Crippen LogP contribution in [0.3, 0.4) is 0 Å². The minimum atomic E-state index is -3.76. The maximum Gasteiger partial charge on any atom is 0.260 e. The Labute approximate surface area is 130 Å². The molecule has 1 saturated heterocycles. The van der Waals surface area contributed by atoms with Crippen molar-refractivity contribution in [2.24, 2.45) is 5.92 Å². The van der Waals surface area contributed by atoms with Gasteiger partial charge in [0, 0.05) is 38.7 Å². The minimum Gasteiger partial charge on any atom is -0.391 e. The number of sulfonamides is 1. The summed E-state index contributed by atoms with van der Waals surface area (Å²) in [5.41, 5.74) is 1.46. The molecule has 0 radical (unpaired) electrons. The average molecular weight is 327 g/mol. The molecule has 8 heteroatoms. The zero-order valence-corrected chi connectivity index (χ0v) is 13.7. The molecule has 1 aliphatic rings. The van der Waals surface area contributed by atoms with E-state index < -0.39 is 22.0 Å². The predicted octanol–water partition coefficient (Wildman–Crippen LogP) is -0.184. The number of aromatic nitrogens is 1. The Morgan fingerprint density at radius 2 is 2.14 bits per heavy atom. The third-order valence-corrected chi connectivity index (χ3v) is 5.74. The SMILES string of the molecule is CNC(=O)C[C@@H]1CN(S(=O)(=O)c2ncc(C)cc2C)C[C@H]1O. The first kappa shape index (κ1) is 16.9. The molecule has 7 nitrogen and oxygen atoms in total. The number of nitrogens with zero attached hydrogens (tertiary/aromatic N) is 2. The lowest BCUT2D eigenvalue weighted by Crippen LogP contribution is -2.31. The van der Waals surface area contributed by atoms with E-state index in [0.29, 0.717) is 5.56 Å². The van der Waals surface area contributed by atoms with Gasteiger partial charge in [-0.25, -0.2) is 13.4 Å². The molecule has 0 saturated carbocycles. The molecule has 0 bridgehead atoms. The Kier molecular flexibility index (Phi) is 4.84. The van der Waals surface area contributed by atoms with E-state index >= 15 is 0 Å². The van der Waals surface area contributed by atoms with Crippen LogP contribution >= 0.6 is 0 Å². The van der Waals surface area contributed by atoms with Gasteiger partial charge in [-0.05, 0) is 25.0 Å². The molecule has 0 aliphatic carbocycles. The summed E-state index contributed by atoms with van der Waals surface area (Å²) in [6, 6.07) is 1.76. The maximum atomic E-state index is 12.7. The normalized spacial score (nSPS) is 22.7. The Bertz CT molecular complexity index is 675. The second kappa shape index (κ2) is 6.31. The minimum absolute atomic E-state index is 0.00546. The number of aliphatic hydroxyl groups excluding tert-OH is 1. The molecule has 0 aromatic carbocycles. The first-order valence-electron chi connectivity index (χ1n) is 7.07. The van der Waals surface area contributed by atoms with Crippen LogP contribution in [-0.4, -0.2) is 55.0 Å². The van der Waals surface area contributed by atoms with Crippen molar-refractivity contribution in [2.45, 2.75) is 31.4 Å². The number of carbonyl (C=O) groups excluding carboxylic acids is 1. The van der Waals surface area contributed by atoms with E-state index in [9.17, 15) is 18.3 Å². The Morgan fingerprint density at radius 3 is 2.73 bits per heavy atom. The van der Waals surface area contributed by atoms with Gasteiger partial charge in [0.15, 0.2) is 5.03 Å². The number of hydrogen-bond donors (Lipinski definition) is 2. The first-order chi connectivity index (χ1) is 10.3. The fourth-order valence-corrected chi connectivity index (χ4v) is 4.28. The highest BCUT2D eigenvalue weighted by Crippen LogP contribution is 2.27. The van der Waals surface area contributed by atoms with E-state index in [2.05, 4.69) is 10.3 Å². The van der Waals surface area contributed by atoms with Crippen LogP contribution in [0.15, 0.2) is 17.3 Å². The van der Waals surface area contributed by atoms with Gasteiger partial charge >= 0.3 is 0 Å². The van der Waals surface area contributed by atoms with E-state index in [1.54, 1.807) is 13.0 Å². The van der Waals surface area contributed by atoms with Gasteiger partial charge in [-0.2, -0.15) is 4.31 Å². The number of pyridine rings is 1. The zero-order chi connectivity index (χ0) is 16.5. The third-order valence-electron chi connectivity index (χ3n) is 3.85. The number of β-amino-alcohol motifs (C(OH)–C–C–N with tert-alkyl or cyclic N) is 1. The molecule has 1 aromatic rings. The van der Waals surface area contributed by atoms with Gasteiger partial charge in [0.05, 0.1) is 6.10 Å². The Hall–Kier alpha value is -1.51. The van der Waals surface area contributed by atoms with E-state index in [-0.39, 0.29) is 30.4 Å². The first-order valence-corrected chi connectivity index (χ1v) is 8.51. The van der Waals surface area contributed by atoms with Gasteiger partial charge in [0.1, 0.15) is 0 Å². The summed E-state index contributed by atoms with van der Waals surface area (Å²) in [7, 11) is -2.25. The smallest absolute Gasteiger partial charge is 0.260 e. The molecule has 22 heavy (non-hydrogen) atoms. The van der Waals surface area contributed by atoms with Crippen LogP contribution in [0.5, 0.6) is 0 Å². The molecule has 1 amide bonds. The molecule has 1 fully saturated rings. The number of amides is 1. The van der Waals surface area contributed by atoms with Crippen molar-refractivity contribution in [3.05, 3.63) is 23.4 Å². The Morgan fingerprint density at radius 1 is 1.45 bits per heavy atom. The fraction of sp³-hybridized carbons (Fsp3) is 0.571. The number of aryl methyl sites for hydroxylation is 2. The predicted molar refractivity (Wildman–Crippen MR) is 80.7 cm³/mol. The summed E-state index contributed by atoms with van der Waals surface area (Å²) in [6.45, 7) is 3.64. The number of rotatable bonds is 4. The van der Waals surface area contributed by atoms with Crippen LogP contribution in [-0.2, 0) is 14.8 Å². The molecular weight excluding hydrogens is 306 g/mol. The summed E-state index contributed by atoms with van der Waals surface area (Å²) in [5.74, 6) is -0.617. The lowest BCUT2D eigenvalue weighted by Gasteiger charge is -2.17. The molecular formula is C14H21N3O4S. The number of aliphatic hydroxyl groups is 1. The van der Waals surface area contributed by atoms with Crippen molar-refractivity contribution < 1.29 is 18.3 Å². The largest absolute Gasteiger partial charge is 0.391 e. The van der Waals surface area contributed by atoms with Crippen LogP contribution < -0.4 is 5.32 Å². The number of hydrogen-bond acceptors (Lipinski definition) is 5. The fourth-order valence-electron chi connectivity index (χ4n) is 2.65. The van der Waals surface area contributed by atoms with Crippen LogP contribution in [0.2, 0.25) is 0 Å². The lowest BCUT2D eigenvalue weighted by molar-refractivity contribution is -0.122. The molecule has 1 aromatic heterocycles. The van der Waals surface area contributed by atoms with Crippen molar-refractivity contribution in [1.29, 1.82) is 0 Å². The molecule has 0 unspecified atom stereocenters. The third kappa shape index (κ3) is 3.29. The molecule has 0 spiro atoms. The second-order valence-electron chi connectivity index (χ2n) is 5.66. The van der Waals surface area contributed by atoms with Crippen molar-refractivity contribution in [2.75, 3.05) is 20.1 Å². The topological polar surface area (TPSA) is 99.6 Å². The van der Waals surface area contributed by atoms with Crippen molar-refractivity contribution in [1.82, 2.24) is 14.6 Å². The molecule has 2 atom stereocenters. The standard InChI is InChI=1S/C14H21N3O4S/c1-9-4-10(2)14(16-6-9)22(20,21)17-7-11(12(18)8-17)5-13(19)15-3/h4,6,11-12,18H,5,7-8H2,1-3H3,(H,15,19)/t11-,12-/m1/s1. The van der Waals surface area contributed by atoms with Crippen LogP contribution in [0.4, 0.5) is 0 Å². The van der Waals surface area contributed by atoms with Crippen molar-refractivity contribution in [3.8, 4) is 0 Å². The number of nitrogens with one attached hydrogen (secondary N) is 1. The molecule has 2 rings (SSSR count). The summed E-state index contributed by atoms with van der Waals surface area (Å²) in [4.78, 5) is 15.5. The highest BCUT2D eigenvalue weighted by molar-refractivity contribution is 7.89. The van der Waals surface area contributed by atoms with Crippen LogP contribution in [0, 0.1) is 19.8 Å². The highest BCUT2D eigenvalue weighted by Gasteiger charge is 2.40. The average Bonchev–Trinajstić information content (AvgIpc) is 2.80.